The van der Waals surface area contributed by atoms with Crippen LogP contribution in [0.4, 0.5) is 5.69 Å². The van der Waals surface area contributed by atoms with Crippen molar-refractivity contribution in [1.82, 2.24) is 14.7 Å². The van der Waals surface area contributed by atoms with Gasteiger partial charge < -0.3 is 14.4 Å². The van der Waals surface area contributed by atoms with E-state index in [9.17, 15) is 18.5 Å². The van der Waals surface area contributed by atoms with E-state index in [1.165, 1.54) is 61.9 Å². The average Bonchev–Trinajstić information content (AvgIpc) is 3.69. The number of carbonyl (C=O) groups is 2. The first kappa shape index (κ1) is 33.5. The summed E-state index contributed by atoms with van der Waals surface area (Å²) in [7, 11) is 1.85. The van der Waals surface area contributed by atoms with Crippen LogP contribution in [0.1, 0.15) is 54.4 Å². The van der Waals surface area contributed by atoms with E-state index in [0.717, 1.165) is 35.8 Å². The predicted molar refractivity (Wildman–Crippen MR) is 180 cm³/mol. The number of anilines is 1. The Hall–Kier alpha value is -4.44. The largest absolute Gasteiger partial charge is 0.497 e. The van der Waals surface area contributed by atoms with E-state index >= 15 is 4.79 Å². The van der Waals surface area contributed by atoms with E-state index in [0.29, 0.717) is 48.6 Å². The number of carbonyl (C=O) groups excluding carboxylic acids is 2. The Morgan fingerprint density at radius 2 is 1.67 bits per heavy atom. The van der Waals surface area contributed by atoms with Crippen molar-refractivity contribution in [3.05, 3.63) is 82.9 Å². The molecule has 3 heterocycles. The second-order valence-corrected chi connectivity index (χ2v) is 14.5. The lowest BCUT2D eigenvalue weighted by molar-refractivity contribution is -0.138. The van der Waals surface area contributed by atoms with Crippen LogP contribution in [0.3, 0.4) is 0 Å². The fourth-order valence-corrected chi connectivity index (χ4v) is 8.92. The van der Waals surface area contributed by atoms with E-state index in [-0.39, 0.29) is 22.1 Å². The van der Waals surface area contributed by atoms with Crippen LogP contribution in [0.25, 0.3) is 0 Å². The highest BCUT2D eigenvalue weighted by atomic mass is 32.2. The van der Waals surface area contributed by atoms with Crippen LogP contribution in [0, 0.1) is 11.3 Å². The first-order valence-electron chi connectivity index (χ1n) is 16.2. The summed E-state index contributed by atoms with van der Waals surface area (Å²) in [6.45, 7) is 2.89. The van der Waals surface area contributed by atoms with Crippen molar-refractivity contribution in [3.8, 4) is 17.6 Å². The highest BCUT2D eigenvalue weighted by Gasteiger charge is 2.63. The lowest BCUT2D eigenvalue weighted by Crippen LogP contribution is -2.59. The van der Waals surface area contributed by atoms with E-state index in [2.05, 4.69) is 11.0 Å². The number of ether oxygens (including phenoxy) is 2. The number of likely N-dealkylation sites (tertiary alicyclic amines) is 2. The van der Waals surface area contributed by atoms with Gasteiger partial charge in [-0.3, -0.25) is 19.4 Å². The lowest BCUT2D eigenvalue weighted by atomic mass is 9.79. The molecule has 252 valence electrons. The minimum atomic E-state index is -4.49. The number of benzene rings is 3. The molecular formula is C36H41N5O6S. The molecule has 11 nitrogen and oxygen atoms in total. The molecular weight excluding hydrogens is 630 g/mol. The molecule has 3 aromatic rings. The maximum Gasteiger partial charge on any atom is 0.271 e. The fraction of sp³-hybridized carbons (Fsp3) is 0.417. The number of likely N-dealkylation sites (N-methyl/N-ethyl adjacent to an activating group) is 1. The Kier molecular flexibility index (Phi) is 9.22. The van der Waals surface area contributed by atoms with Gasteiger partial charge in [-0.15, -0.1) is 0 Å². The summed E-state index contributed by atoms with van der Waals surface area (Å²) >= 11 is 0. The number of methoxy groups -OCH3 is 2. The topological polar surface area (TPSA) is 123 Å². The van der Waals surface area contributed by atoms with Gasteiger partial charge in [-0.25, -0.2) is 12.7 Å². The van der Waals surface area contributed by atoms with Crippen LogP contribution in [0.2, 0.25) is 0 Å². The smallest absolute Gasteiger partial charge is 0.271 e. The molecule has 3 aliphatic rings. The number of piperidine rings is 1. The highest BCUT2D eigenvalue weighted by Crippen LogP contribution is 2.55. The van der Waals surface area contributed by atoms with Crippen molar-refractivity contribution in [2.45, 2.75) is 55.1 Å². The minimum Gasteiger partial charge on any atom is -0.497 e. The first-order chi connectivity index (χ1) is 23.1. The van der Waals surface area contributed by atoms with Crippen molar-refractivity contribution < 1.29 is 27.5 Å². The van der Waals surface area contributed by atoms with Crippen LogP contribution in [0.5, 0.6) is 11.5 Å². The second-order valence-electron chi connectivity index (χ2n) is 12.8. The molecule has 2 amide bonds. The number of sulfonamides is 1. The van der Waals surface area contributed by atoms with Gasteiger partial charge in [-0.2, -0.15) is 5.26 Å². The molecule has 3 aliphatic heterocycles. The van der Waals surface area contributed by atoms with Crippen LogP contribution in [-0.2, 0) is 31.7 Å². The summed E-state index contributed by atoms with van der Waals surface area (Å²) in [5.74, 6) is -0.106. The Morgan fingerprint density at radius 3 is 2.31 bits per heavy atom. The third-order valence-corrected chi connectivity index (χ3v) is 11.5. The van der Waals surface area contributed by atoms with Gasteiger partial charge in [0.25, 0.3) is 15.9 Å². The molecule has 2 atom stereocenters. The number of amides is 2. The average molecular weight is 672 g/mol. The molecule has 2 fully saturated rings. The summed E-state index contributed by atoms with van der Waals surface area (Å²) in [4.78, 5) is 34.9. The monoisotopic (exact) mass is 671 g/mol. The Balaban J connectivity index is 1.64. The van der Waals surface area contributed by atoms with Crippen molar-refractivity contribution in [3.63, 3.8) is 0 Å². The quantitative estimate of drug-likeness (QED) is 0.331. The van der Waals surface area contributed by atoms with E-state index in [1.807, 2.05) is 23.1 Å². The number of fused-ring (bicyclic) bond motifs is 1. The summed E-state index contributed by atoms with van der Waals surface area (Å²) < 4.78 is 41.2. The molecule has 0 N–H and O–H groups in total. The van der Waals surface area contributed by atoms with Crippen LogP contribution in [-0.4, -0.2) is 88.9 Å². The molecule has 6 rings (SSSR count). The molecule has 0 aromatic heterocycles. The summed E-state index contributed by atoms with van der Waals surface area (Å²) in [5, 5.41) is 10.1. The molecule has 0 spiro atoms. The Labute approximate surface area is 282 Å². The molecule has 48 heavy (non-hydrogen) atoms. The van der Waals surface area contributed by atoms with Crippen molar-refractivity contribution in [1.29, 1.82) is 5.26 Å². The molecule has 0 aliphatic carbocycles. The normalized spacial score (nSPS) is 21.5. The van der Waals surface area contributed by atoms with Crippen LogP contribution >= 0.6 is 0 Å². The Morgan fingerprint density at radius 1 is 0.938 bits per heavy atom. The third kappa shape index (κ3) is 5.49. The lowest BCUT2D eigenvalue weighted by Gasteiger charge is -2.42. The van der Waals surface area contributed by atoms with Gasteiger partial charge in [0.2, 0.25) is 5.91 Å². The zero-order valence-electron chi connectivity index (χ0n) is 27.8. The van der Waals surface area contributed by atoms with Crippen molar-refractivity contribution >= 4 is 27.5 Å². The maximum atomic E-state index is 15.5. The fourth-order valence-electron chi connectivity index (χ4n) is 7.46. The van der Waals surface area contributed by atoms with Gasteiger partial charge >= 0.3 is 0 Å². The van der Waals surface area contributed by atoms with Gasteiger partial charge in [0, 0.05) is 38.3 Å². The number of hydrogen-bond acceptors (Lipinski definition) is 9. The summed E-state index contributed by atoms with van der Waals surface area (Å²) in [5.41, 5.74) is 0.262. The molecule has 12 heteroatoms. The number of nitrogens with zero attached hydrogens (tertiary/aromatic N) is 5. The van der Waals surface area contributed by atoms with Gasteiger partial charge in [0.15, 0.2) is 5.54 Å². The van der Waals surface area contributed by atoms with Crippen molar-refractivity contribution in [2.24, 2.45) is 0 Å². The highest BCUT2D eigenvalue weighted by molar-refractivity contribution is 7.93. The predicted octanol–water partition coefficient (Wildman–Crippen LogP) is 4.09. The zero-order valence-corrected chi connectivity index (χ0v) is 28.6. The number of rotatable bonds is 9. The molecule has 2 saturated heterocycles. The second kappa shape index (κ2) is 13.2. The molecule has 3 aromatic carbocycles. The van der Waals surface area contributed by atoms with Gasteiger partial charge in [-0.1, -0.05) is 12.5 Å². The van der Waals surface area contributed by atoms with E-state index in [1.54, 1.807) is 20.2 Å². The summed E-state index contributed by atoms with van der Waals surface area (Å²) in [6.07, 6.45) is 4.48. The standard InChI is InChI=1S/C36H41N5O6S/c1-38(2)34(42)32-9-8-20-40(32)36(30-22-26(11-17-33(30)47-4)24-39-18-6-5-7-19-39)29-21-25(23-37)10-16-31(29)41(35(36)43)48(44,45)28-14-12-27(46-3)13-15-28/h10-17,21-22,32H,5-9,18-20,24H2,1-4H3/t32-,36?/m0/s1. The first-order valence-corrected chi connectivity index (χ1v) is 17.7. The Bertz CT molecular complexity index is 1870. The molecule has 0 radical (unpaired) electrons. The SMILES string of the molecule is COc1ccc(S(=O)(=O)N2C(=O)C(c3cc(CN4CCCCC4)ccc3OC)(N3CCC[C@H]3C(=O)N(C)C)c3cc(C#N)ccc32)cc1. The molecule has 0 bridgehead atoms. The van der Waals surface area contributed by atoms with E-state index in [4.69, 9.17) is 9.47 Å². The van der Waals surface area contributed by atoms with Crippen LogP contribution in [0.15, 0.2) is 65.6 Å². The van der Waals surface area contributed by atoms with Gasteiger partial charge in [0.1, 0.15) is 11.5 Å². The van der Waals surface area contributed by atoms with Gasteiger partial charge in [-0.05, 0) is 98.9 Å². The zero-order chi connectivity index (χ0) is 34.2. The van der Waals surface area contributed by atoms with Crippen molar-refractivity contribution in [2.75, 3.05) is 52.3 Å². The minimum absolute atomic E-state index is 0.101. The summed E-state index contributed by atoms with van der Waals surface area (Å²) in [6, 6.07) is 17.6. The van der Waals surface area contributed by atoms with E-state index < -0.39 is 27.5 Å². The molecule has 0 saturated carbocycles. The third-order valence-electron chi connectivity index (χ3n) is 9.74. The number of hydrogen-bond donors (Lipinski definition) is 0. The number of nitriles is 1. The maximum absolute atomic E-state index is 15.5. The van der Waals surface area contributed by atoms with Gasteiger partial charge in [0.05, 0.1) is 42.5 Å². The van der Waals surface area contributed by atoms with Crippen LogP contribution < -0.4 is 13.8 Å². The molecule has 1 unspecified atom stereocenters.